The minimum absolute atomic E-state index is 0. The van der Waals surface area contributed by atoms with Crippen LogP contribution in [0.2, 0.25) is 0 Å². The maximum absolute atomic E-state index is 11.8. The molecule has 4 nitrogen and oxygen atoms in total. The first kappa shape index (κ1) is 29.7. The Bertz CT molecular complexity index is 1010. The Balaban J connectivity index is 0.000000265. The Hall–Kier alpha value is -2.56. The van der Waals surface area contributed by atoms with E-state index in [9.17, 15) is 4.79 Å². The number of ether oxygens (including phenoxy) is 1. The highest BCUT2D eigenvalue weighted by Gasteiger charge is 2.41. The number of rotatable bonds is 7. The lowest BCUT2D eigenvalue weighted by Crippen LogP contribution is -2.34. The molecule has 0 spiro atoms. The zero-order chi connectivity index (χ0) is 25.4. The molecule has 2 aliphatic rings. The average Bonchev–Trinajstić information content (AvgIpc) is 3.74. The third-order valence-corrected chi connectivity index (χ3v) is 6.40. The Kier molecular flexibility index (Phi) is 11.3. The van der Waals surface area contributed by atoms with Gasteiger partial charge in [0.05, 0.1) is 0 Å². The Morgan fingerprint density at radius 2 is 1.33 bits per heavy atom. The minimum atomic E-state index is -0.443. The Morgan fingerprint density at radius 3 is 1.72 bits per heavy atom. The van der Waals surface area contributed by atoms with Gasteiger partial charge in [0.2, 0.25) is 0 Å². The molecule has 1 amide bonds. The van der Waals surface area contributed by atoms with Gasteiger partial charge in [-0.25, -0.2) is 4.79 Å². The van der Waals surface area contributed by atoms with E-state index in [4.69, 9.17) is 10.5 Å². The third kappa shape index (κ3) is 9.83. The molecule has 2 aromatic carbocycles. The van der Waals surface area contributed by atoms with Crippen LogP contribution in [0.4, 0.5) is 4.79 Å². The maximum Gasteiger partial charge on any atom is 0.407 e. The van der Waals surface area contributed by atoms with Crippen molar-refractivity contribution in [3.63, 3.8) is 0 Å². The van der Waals surface area contributed by atoms with E-state index in [0.29, 0.717) is 17.9 Å². The Labute approximate surface area is 223 Å². The number of carbonyl (C=O) groups is 1. The number of nitrogens with one attached hydrogen (secondary N) is 1. The first-order valence-corrected chi connectivity index (χ1v) is 13.0. The van der Waals surface area contributed by atoms with Crippen LogP contribution in [0, 0.1) is 11.8 Å². The SMILES string of the molecule is CC/C(=C\c1ccccc1)[C@@H]1C[C@H]1N.CC/C(=C\c1ccccc1)[C@@H]1C[C@H]1NC(=O)OC(C)(C)C.Cl. The molecule has 2 aromatic rings. The standard InChI is InChI=1S/C18H25NO2.C13H17N.ClH/c1-5-14(11-13-9-7-6-8-10-13)15-12-16(15)19-17(20)21-18(2,3)4;1-2-11(12-9-13(12)14)8-10-6-4-3-5-7-10;/h6-11,15-16H,5,12H2,1-4H3,(H,19,20);3-8,12-13H,2,9,14H2,1H3;1H/b14-11+;11-8+;/t15-,16+;12-,13+;/m00./s1. The normalized spacial score (nSPS) is 22.9. The molecular formula is C31H43ClN2O2. The van der Waals surface area contributed by atoms with Crippen molar-refractivity contribution in [3.8, 4) is 0 Å². The highest BCUT2D eigenvalue weighted by atomic mass is 35.5. The monoisotopic (exact) mass is 510 g/mol. The summed E-state index contributed by atoms with van der Waals surface area (Å²) in [6.07, 6.45) is 8.52. The molecule has 0 unspecified atom stereocenters. The van der Waals surface area contributed by atoms with E-state index in [2.05, 4.69) is 67.7 Å². The number of alkyl carbamates (subject to hydrolysis) is 1. The van der Waals surface area contributed by atoms with Crippen molar-refractivity contribution in [2.24, 2.45) is 17.6 Å². The highest BCUT2D eigenvalue weighted by Crippen LogP contribution is 2.40. The van der Waals surface area contributed by atoms with Gasteiger partial charge in [-0.2, -0.15) is 0 Å². The maximum atomic E-state index is 11.8. The molecule has 0 bridgehead atoms. The second-order valence-corrected chi connectivity index (χ2v) is 10.6. The second-order valence-electron chi connectivity index (χ2n) is 10.6. The van der Waals surface area contributed by atoms with E-state index in [1.54, 1.807) is 0 Å². The van der Waals surface area contributed by atoms with Gasteiger partial charge >= 0.3 is 6.09 Å². The molecule has 0 radical (unpaired) electrons. The fourth-order valence-corrected chi connectivity index (χ4v) is 4.33. The highest BCUT2D eigenvalue weighted by molar-refractivity contribution is 5.85. The topological polar surface area (TPSA) is 64.3 Å². The fraction of sp³-hybridized carbons (Fsp3) is 0.452. The fourth-order valence-electron chi connectivity index (χ4n) is 4.33. The van der Waals surface area contributed by atoms with E-state index < -0.39 is 5.60 Å². The Morgan fingerprint density at radius 1 is 0.889 bits per heavy atom. The molecule has 0 heterocycles. The molecule has 196 valence electrons. The van der Waals surface area contributed by atoms with Gasteiger partial charge in [-0.3, -0.25) is 0 Å². The molecule has 2 fully saturated rings. The summed E-state index contributed by atoms with van der Waals surface area (Å²) in [5.41, 5.74) is 10.8. The summed E-state index contributed by atoms with van der Waals surface area (Å²) in [6, 6.07) is 21.4. The number of hydrogen-bond acceptors (Lipinski definition) is 3. The van der Waals surface area contributed by atoms with Crippen LogP contribution in [0.3, 0.4) is 0 Å². The van der Waals surface area contributed by atoms with Crippen LogP contribution in [-0.2, 0) is 4.74 Å². The van der Waals surface area contributed by atoms with Crippen LogP contribution in [0.25, 0.3) is 12.2 Å². The van der Waals surface area contributed by atoms with E-state index in [-0.39, 0.29) is 24.5 Å². The average molecular weight is 511 g/mol. The van der Waals surface area contributed by atoms with Crippen molar-refractivity contribution in [1.29, 1.82) is 0 Å². The molecular weight excluding hydrogens is 468 g/mol. The number of benzene rings is 2. The second kappa shape index (κ2) is 13.7. The smallest absolute Gasteiger partial charge is 0.407 e. The van der Waals surface area contributed by atoms with Crippen molar-refractivity contribution >= 4 is 30.7 Å². The molecule has 0 saturated heterocycles. The van der Waals surface area contributed by atoms with Crippen LogP contribution in [-0.4, -0.2) is 23.8 Å². The van der Waals surface area contributed by atoms with Gasteiger partial charge in [0.15, 0.2) is 0 Å². The predicted octanol–water partition coefficient (Wildman–Crippen LogP) is 7.64. The summed E-state index contributed by atoms with van der Waals surface area (Å²) in [6.45, 7) is 10.0. The van der Waals surface area contributed by atoms with E-state index >= 15 is 0 Å². The first-order valence-electron chi connectivity index (χ1n) is 13.0. The van der Waals surface area contributed by atoms with Crippen LogP contribution < -0.4 is 11.1 Å². The molecule has 0 aromatic heterocycles. The number of carbonyl (C=O) groups excluding carboxylic acids is 1. The van der Waals surface area contributed by atoms with Crippen molar-refractivity contribution in [1.82, 2.24) is 5.32 Å². The van der Waals surface area contributed by atoms with Crippen molar-refractivity contribution in [3.05, 3.63) is 82.9 Å². The molecule has 36 heavy (non-hydrogen) atoms. The van der Waals surface area contributed by atoms with Crippen molar-refractivity contribution < 1.29 is 9.53 Å². The van der Waals surface area contributed by atoms with Crippen molar-refractivity contribution in [2.45, 2.75) is 78.0 Å². The predicted molar refractivity (Wildman–Crippen MR) is 154 cm³/mol. The lowest BCUT2D eigenvalue weighted by molar-refractivity contribution is 0.0522. The summed E-state index contributed by atoms with van der Waals surface area (Å²) in [5.74, 6) is 1.10. The molecule has 4 rings (SSSR count). The lowest BCUT2D eigenvalue weighted by Gasteiger charge is -2.19. The zero-order valence-corrected chi connectivity index (χ0v) is 23.2. The van der Waals surface area contributed by atoms with E-state index in [1.165, 1.54) is 28.7 Å². The summed E-state index contributed by atoms with van der Waals surface area (Å²) >= 11 is 0. The van der Waals surface area contributed by atoms with Gasteiger partial charge in [-0.1, -0.05) is 97.8 Å². The largest absolute Gasteiger partial charge is 0.444 e. The molecule has 0 aliphatic heterocycles. The molecule has 2 aliphatic carbocycles. The van der Waals surface area contributed by atoms with Crippen molar-refractivity contribution in [2.75, 3.05) is 0 Å². The number of hydrogen-bond donors (Lipinski definition) is 2. The van der Waals surface area contributed by atoms with Gasteiger partial charge in [-0.15, -0.1) is 12.4 Å². The van der Waals surface area contributed by atoms with E-state index in [0.717, 1.165) is 19.3 Å². The van der Waals surface area contributed by atoms with Gasteiger partial charge in [0, 0.05) is 18.0 Å². The van der Waals surface area contributed by atoms with Crippen LogP contribution >= 0.6 is 12.4 Å². The van der Waals surface area contributed by atoms with Gasteiger partial charge in [0.25, 0.3) is 0 Å². The summed E-state index contributed by atoms with van der Waals surface area (Å²) < 4.78 is 5.30. The van der Waals surface area contributed by atoms with Crippen LogP contribution in [0.5, 0.6) is 0 Å². The molecule has 5 heteroatoms. The molecule has 2 saturated carbocycles. The van der Waals surface area contributed by atoms with Crippen LogP contribution in [0.15, 0.2) is 71.8 Å². The van der Waals surface area contributed by atoms with Crippen LogP contribution in [0.1, 0.15) is 71.4 Å². The number of amides is 1. The quantitative estimate of drug-likeness (QED) is 0.402. The van der Waals surface area contributed by atoms with Gasteiger partial charge in [-0.05, 0) is 63.5 Å². The minimum Gasteiger partial charge on any atom is -0.444 e. The molecule has 4 atom stereocenters. The number of halogens is 1. The summed E-state index contributed by atoms with van der Waals surface area (Å²) in [5, 5.41) is 2.96. The van der Waals surface area contributed by atoms with E-state index in [1.807, 2.05) is 45.0 Å². The first-order chi connectivity index (χ1) is 16.7. The third-order valence-electron chi connectivity index (χ3n) is 6.40. The lowest BCUT2D eigenvalue weighted by atomic mass is 10.0. The molecule has 3 N–H and O–H groups in total. The zero-order valence-electron chi connectivity index (χ0n) is 22.4. The summed E-state index contributed by atoms with van der Waals surface area (Å²) in [4.78, 5) is 11.8. The van der Waals surface area contributed by atoms with Gasteiger partial charge in [0.1, 0.15) is 5.60 Å². The summed E-state index contributed by atoms with van der Waals surface area (Å²) in [7, 11) is 0. The number of nitrogens with two attached hydrogens (primary N) is 1. The van der Waals surface area contributed by atoms with Gasteiger partial charge < -0.3 is 15.8 Å².